The Hall–Kier alpha value is -2.30. The van der Waals surface area contributed by atoms with Crippen LogP contribution in [0.15, 0.2) is 30.5 Å². The van der Waals surface area contributed by atoms with Crippen LogP contribution in [-0.2, 0) is 16.0 Å². The molecule has 1 aliphatic carbocycles. The summed E-state index contributed by atoms with van der Waals surface area (Å²) in [6, 6.07) is 8.10. The van der Waals surface area contributed by atoms with Crippen molar-refractivity contribution in [1.82, 2.24) is 10.3 Å². The summed E-state index contributed by atoms with van der Waals surface area (Å²) in [5.74, 6) is -1.34. The van der Waals surface area contributed by atoms with E-state index in [0.29, 0.717) is 19.4 Å². The van der Waals surface area contributed by atoms with Gasteiger partial charge in [0.2, 0.25) is 5.91 Å². The van der Waals surface area contributed by atoms with Crippen LogP contribution >= 0.6 is 0 Å². The number of hydrogen-bond donors (Lipinski definition) is 3. The number of aryl methyl sites for hydroxylation is 1. The van der Waals surface area contributed by atoms with Gasteiger partial charge < -0.3 is 15.4 Å². The van der Waals surface area contributed by atoms with Crippen molar-refractivity contribution in [2.75, 3.05) is 6.54 Å². The van der Waals surface area contributed by atoms with Gasteiger partial charge in [0.25, 0.3) is 0 Å². The van der Waals surface area contributed by atoms with Crippen LogP contribution < -0.4 is 5.32 Å². The van der Waals surface area contributed by atoms with Gasteiger partial charge in [0.05, 0.1) is 0 Å². The van der Waals surface area contributed by atoms with Crippen LogP contribution in [0, 0.1) is 5.41 Å². The van der Waals surface area contributed by atoms with E-state index in [4.69, 9.17) is 5.11 Å². The van der Waals surface area contributed by atoms with E-state index < -0.39 is 11.4 Å². The molecule has 3 rings (SSSR count). The van der Waals surface area contributed by atoms with Gasteiger partial charge in [-0.05, 0) is 37.3 Å². The fourth-order valence-corrected chi connectivity index (χ4v) is 2.65. The highest BCUT2D eigenvalue weighted by atomic mass is 16.4. The number of carbonyl (C=O) groups excluding carboxylic acids is 1. The quantitative estimate of drug-likeness (QED) is 0.561. The standard InChI is InChI=1S/C16H18N2O3/c19-14(16(7-8-16)15(20)21)17-9-3-4-11-10-18-13-6-2-1-5-12(11)13/h1-2,5-6,10,18H,3-4,7-9H2,(H,17,19)(H,20,21). The number of carbonyl (C=O) groups is 2. The molecule has 110 valence electrons. The maximum absolute atomic E-state index is 11.8. The number of carboxylic acids is 1. The van der Waals surface area contributed by atoms with E-state index in [0.717, 1.165) is 18.4 Å². The van der Waals surface area contributed by atoms with Crippen LogP contribution in [0.25, 0.3) is 10.9 Å². The fraction of sp³-hybridized carbons (Fsp3) is 0.375. The first-order valence-corrected chi connectivity index (χ1v) is 7.20. The molecule has 0 spiro atoms. The fourth-order valence-electron chi connectivity index (χ4n) is 2.65. The van der Waals surface area contributed by atoms with E-state index in [9.17, 15) is 9.59 Å². The van der Waals surface area contributed by atoms with E-state index in [1.807, 2.05) is 24.4 Å². The Morgan fingerprint density at radius 2 is 2.05 bits per heavy atom. The van der Waals surface area contributed by atoms with E-state index in [1.54, 1.807) is 0 Å². The van der Waals surface area contributed by atoms with Gasteiger partial charge in [-0.3, -0.25) is 9.59 Å². The second kappa shape index (κ2) is 5.24. The van der Waals surface area contributed by atoms with Crippen molar-refractivity contribution in [3.63, 3.8) is 0 Å². The monoisotopic (exact) mass is 286 g/mol. The van der Waals surface area contributed by atoms with E-state index in [2.05, 4.69) is 16.4 Å². The number of benzene rings is 1. The molecule has 1 fully saturated rings. The summed E-state index contributed by atoms with van der Waals surface area (Å²) in [5, 5.41) is 13.0. The van der Waals surface area contributed by atoms with Crippen LogP contribution in [0.4, 0.5) is 0 Å². The lowest BCUT2D eigenvalue weighted by Crippen LogP contribution is -2.37. The molecule has 1 aliphatic rings. The van der Waals surface area contributed by atoms with Crippen LogP contribution in [0.2, 0.25) is 0 Å². The molecule has 0 saturated heterocycles. The first-order valence-electron chi connectivity index (χ1n) is 7.20. The first kappa shape index (κ1) is 13.7. The lowest BCUT2D eigenvalue weighted by molar-refractivity contribution is -0.149. The number of fused-ring (bicyclic) bond motifs is 1. The molecule has 5 nitrogen and oxygen atoms in total. The largest absolute Gasteiger partial charge is 0.480 e. The minimum Gasteiger partial charge on any atom is -0.480 e. The number of aromatic amines is 1. The molecule has 0 unspecified atom stereocenters. The van der Waals surface area contributed by atoms with Crippen LogP contribution in [0.3, 0.4) is 0 Å². The van der Waals surface area contributed by atoms with Crippen LogP contribution in [-0.4, -0.2) is 28.5 Å². The van der Waals surface area contributed by atoms with Crippen LogP contribution in [0.5, 0.6) is 0 Å². The number of hydrogen-bond acceptors (Lipinski definition) is 2. The molecule has 1 aromatic heterocycles. The molecule has 0 atom stereocenters. The summed E-state index contributed by atoms with van der Waals surface area (Å²) in [6.45, 7) is 0.507. The van der Waals surface area contributed by atoms with E-state index in [1.165, 1.54) is 10.9 Å². The Morgan fingerprint density at radius 1 is 1.29 bits per heavy atom. The Kier molecular flexibility index (Phi) is 3.41. The highest BCUT2D eigenvalue weighted by Crippen LogP contribution is 2.46. The second-order valence-corrected chi connectivity index (χ2v) is 5.61. The third kappa shape index (κ3) is 2.51. The van der Waals surface area contributed by atoms with Crippen molar-refractivity contribution in [3.8, 4) is 0 Å². The van der Waals surface area contributed by atoms with Crippen molar-refractivity contribution in [2.24, 2.45) is 5.41 Å². The maximum atomic E-state index is 11.8. The SMILES string of the molecule is O=C(O)C1(C(=O)NCCCc2c[nH]c3ccccc23)CC1. The summed E-state index contributed by atoms with van der Waals surface area (Å²) in [4.78, 5) is 26.1. The summed E-state index contributed by atoms with van der Waals surface area (Å²) in [6.07, 6.45) is 4.55. The average Bonchev–Trinajstić information content (AvgIpc) is 3.20. The molecule has 21 heavy (non-hydrogen) atoms. The molecule has 5 heteroatoms. The zero-order valence-electron chi connectivity index (χ0n) is 11.7. The van der Waals surface area contributed by atoms with Gasteiger partial charge in [0.15, 0.2) is 0 Å². The van der Waals surface area contributed by atoms with E-state index >= 15 is 0 Å². The summed E-state index contributed by atoms with van der Waals surface area (Å²) in [5.41, 5.74) is 1.19. The predicted molar refractivity (Wildman–Crippen MR) is 78.9 cm³/mol. The first-order chi connectivity index (χ1) is 10.1. The number of nitrogens with one attached hydrogen (secondary N) is 2. The number of amides is 1. The number of H-pyrrole nitrogens is 1. The highest BCUT2D eigenvalue weighted by molar-refractivity contribution is 6.04. The zero-order valence-corrected chi connectivity index (χ0v) is 11.7. The Morgan fingerprint density at radius 3 is 2.76 bits per heavy atom. The molecular formula is C16H18N2O3. The predicted octanol–water partition coefficient (Wildman–Crippen LogP) is 2.08. The van der Waals surface area contributed by atoms with Crippen molar-refractivity contribution in [3.05, 3.63) is 36.0 Å². The van der Waals surface area contributed by atoms with Crippen LogP contribution in [0.1, 0.15) is 24.8 Å². The molecule has 0 bridgehead atoms. The number of rotatable bonds is 6. The minimum atomic E-state index is -1.14. The van der Waals surface area contributed by atoms with Gasteiger partial charge in [0.1, 0.15) is 5.41 Å². The Balaban J connectivity index is 1.51. The van der Waals surface area contributed by atoms with Gasteiger partial charge in [0, 0.05) is 23.6 Å². The number of aliphatic carboxylic acids is 1. The van der Waals surface area contributed by atoms with E-state index in [-0.39, 0.29) is 5.91 Å². The molecule has 2 aromatic rings. The normalized spacial score (nSPS) is 15.8. The summed E-state index contributed by atoms with van der Waals surface area (Å²) >= 11 is 0. The topological polar surface area (TPSA) is 82.2 Å². The number of para-hydroxylation sites is 1. The summed E-state index contributed by atoms with van der Waals surface area (Å²) in [7, 11) is 0. The number of carboxylic acid groups (broad SMARTS) is 1. The third-order valence-corrected chi connectivity index (χ3v) is 4.18. The van der Waals surface area contributed by atoms with Crippen molar-refractivity contribution >= 4 is 22.8 Å². The zero-order chi connectivity index (χ0) is 14.9. The molecule has 0 aliphatic heterocycles. The lowest BCUT2D eigenvalue weighted by Gasteiger charge is -2.10. The van der Waals surface area contributed by atoms with Gasteiger partial charge in [-0.25, -0.2) is 0 Å². The summed E-state index contributed by atoms with van der Waals surface area (Å²) < 4.78 is 0. The van der Waals surface area contributed by atoms with Crippen molar-refractivity contribution in [1.29, 1.82) is 0 Å². The van der Waals surface area contributed by atoms with Gasteiger partial charge in [-0.1, -0.05) is 18.2 Å². The Bertz CT molecular complexity index is 686. The number of aromatic nitrogens is 1. The van der Waals surface area contributed by atoms with Crippen molar-refractivity contribution < 1.29 is 14.7 Å². The molecule has 3 N–H and O–H groups in total. The molecule has 0 radical (unpaired) electrons. The minimum absolute atomic E-state index is 0.339. The smallest absolute Gasteiger partial charge is 0.319 e. The Labute approximate surface area is 122 Å². The molecule has 1 amide bonds. The maximum Gasteiger partial charge on any atom is 0.319 e. The highest BCUT2D eigenvalue weighted by Gasteiger charge is 2.56. The molecule has 1 aromatic carbocycles. The molecule has 1 saturated carbocycles. The molecular weight excluding hydrogens is 268 g/mol. The average molecular weight is 286 g/mol. The van der Waals surface area contributed by atoms with Gasteiger partial charge in [-0.2, -0.15) is 0 Å². The van der Waals surface area contributed by atoms with Gasteiger partial charge in [-0.15, -0.1) is 0 Å². The third-order valence-electron chi connectivity index (χ3n) is 4.18. The lowest BCUT2D eigenvalue weighted by atomic mass is 10.1. The second-order valence-electron chi connectivity index (χ2n) is 5.61. The van der Waals surface area contributed by atoms with Gasteiger partial charge >= 0.3 is 5.97 Å². The molecule has 1 heterocycles. The van der Waals surface area contributed by atoms with Crippen molar-refractivity contribution in [2.45, 2.75) is 25.7 Å².